The third-order valence-electron chi connectivity index (χ3n) is 3.43. The van der Waals surface area contributed by atoms with Crippen molar-refractivity contribution in [2.45, 2.75) is 18.9 Å². The zero-order valence-electron chi connectivity index (χ0n) is 13.1. The van der Waals surface area contributed by atoms with Crippen LogP contribution in [0.25, 0.3) is 0 Å². The summed E-state index contributed by atoms with van der Waals surface area (Å²) < 4.78 is 5.41. The van der Waals surface area contributed by atoms with Crippen molar-refractivity contribution in [3.63, 3.8) is 0 Å². The Hall–Kier alpha value is -1.47. The fraction of sp³-hybridized carbons (Fsp3) is 0.643. The molecule has 1 aliphatic rings. The smallest absolute Gasteiger partial charge is 0.263 e. The molecule has 1 aromatic heterocycles. The molecule has 0 aliphatic heterocycles. The summed E-state index contributed by atoms with van der Waals surface area (Å²) >= 11 is 1.39. The van der Waals surface area contributed by atoms with Crippen LogP contribution in [0.3, 0.4) is 0 Å². The number of nitrogens with zero attached hydrogens (tertiary/aromatic N) is 2. The van der Waals surface area contributed by atoms with Crippen LogP contribution in [-0.2, 0) is 0 Å². The minimum absolute atomic E-state index is 0.0921. The molecular weight excluding hydrogens is 288 g/mol. The van der Waals surface area contributed by atoms with Gasteiger partial charge in [0.25, 0.3) is 5.91 Å². The van der Waals surface area contributed by atoms with Crippen LogP contribution in [0.15, 0.2) is 0 Å². The van der Waals surface area contributed by atoms with E-state index < -0.39 is 0 Å². The number of rotatable bonds is 7. The Morgan fingerprint density at radius 2 is 2.05 bits per heavy atom. The number of carbonyl (C=O) groups is 1. The summed E-state index contributed by atoms with van der Waals surface area (Å²) in [7, 11) is 7.63. The molecule has 1 saturated carbocycles. The van der Waals surface area contributed by atoms with Crippen LogP contribution in [0, 0.1) is 0 Å². The quantitative estimate of drug-likeness (QED) is 0.792. The standard InChI is InChI=1S/C14H24N4O2S/c1-17(2)7-8-18(3)14-11(20-4)10(15)12(21-14)13(19)16-9-5-6-9/h9H,5-8,15H2,1-4H3,(H,16,19). The van der Waals surface area contributed by atoms with Crippen LogP contribution in [0.5, 0.6) is 5.75 Å². The molecule has 0 bridgehead atoms. The normalized spacial score (nSPS) is 14.3. The average Bonchev–Trinajstić information content (AvgIpc) is 3.17. The maximum atomic E-state index is 12.2. The van der Waals surface area contributed by atoms with Crippen LogP contribution < -0.4 is 20.7 Å². The average molecular weight is 312 g/mol. The Morgan fingerprint density at radius 1 is 1.38 bits per heavy atom. The van der Waals surface area contributed by atoms with Crippen molar-refractivity contribution in [1.82, 2.24) is 10.2 Å². The van der Waals surface area contributed by atoms with Gasteiger partial charge in [0.2, 0.25) is 0 Å². The van der Waals surface area contributed by atoms with Crippen LogP contribution in [0.2, 0.25) is 0 Å². The summed E-state index contributed by atoms with van der Waals surface area (Å²) in [6, 6.07) is 0.319. The van der Waals surface area contributed by atoms with Gasteiger partial charge in [-0.15, -0.1) is 11.3 Å². The van der Waals surface area contributed by atoms with Crippen molar-refractivity contribution in [1.29, 1.82) is 0 Å². The molecule has 0 unspecified atom stereocenters. The van der Waals surface area contributed by atoms with Gasteiger partial charge < -0.3 is 25.6 Å². The van der Waals surface area contributed by atoms with Crippen molar-refractivity contribution in [3.05, 3.63) is 4.88 Å². The lowest BCUT2D eigenvalue weighted by atomic mass is 10.3. The first-order valence-corrected chi connectivity index (χ1v) is 7.88. The van der Waals surface area contributed by atoms with Crippen LogP contribution in [-0.4, -0.2) is 58.2 Å². The summed E-state index contributed by atoms with van der Waals surface area (Å²) in [6.45, 7) is 1.76. The van der Waals surface area contributed by atoms with Crippen LogP contribution >= 0.6 is 11.3 Å². The summed E-state index contributed by atoms with van der Waals surface area (Å²) in [4.78, 5) is 17.0. The lowest BCUT2D eigenvalue weighted by molar-refractivity contribution is 0.0956. The first-order chi connectivity index (χ1) is 9.93. The van der Waals surface area contributed by atoms with Gasteiger partial charge in [-0.2, -0.15) is 0 Å². The van der Waals surface area contributed by atoms with E-state index in [9.17, 15) is 4.79 Å². The lowest BCUT2D eigenvalue weighted by Gasteiger charge is -2.20. The van der Waals surface area contributed by atoms with Gasteiger partial charge in [0.1, 0.15) is 15.6 Å². The highest BCUT2D eigenvalue weighted by molar-refractivity contribution is 7.19. The molecule has 1 fully saturated rings. The number of hydrogen-bond donors (Lipinski definition) is 2. The first-order valence-electron chi connectivity index (χ1n) is 7.07. The molecule has 0 spiro atoms. The highest BCUT2D eigenvalue weighted by Gasteiger charge is 2.28. The molecular formula is C14H24N4O2S. The van der Waals surface area contributed by atoms with Gasteiger partial charge in [0, 0.05) is 26.2 Å². The Balaban J connectivity index is 2.17. The largest absolute Gasteiger partial charge is 0.492 e. The number of thiophene rings is 1. The van der Waals surface area contributed by atoms with E-state index in [2.05, 4.69) is 15.1 Å². The van der Waals surface area contributed by atoms with Crippen molar-refractivity contribution in [3.8, 4) is 5.75 Å². The van der Waals surface area contributed by atoms with Crippen molar-refractivity contribution >= 4 is 27.9 Å². The highest BCUT2D eigenvalue weighted by atomic mass is 32.1. The zero-order valence-corrected chi connectivity index (χ0v) is 13.9. The van der Waals surface area contributed by atoms with Crippen molar-refractivity contribution < 1.29 is 9.53 Å². The number of methoxy groups -OCH3 is 1. The molecule has 0 saturated heterocycles. The molecule has 0 aromatic carbocycles. The number of nitrogens with two attached hydrogens (primary N) is 1. The topological polar surface area (TPSA) is 70.8 Å². The molecule has 3 N–H and O–H groups in total. The van der Waals surface area contributed by atoms with Gasteiger partial charge in [0.05, 0.1) is 7.11 Å². The number of amides is 1. The molecule has 1 aromatic rings. The predicted octanol–water partition coefficient (Wildman–Crippen LogP) is 1.23. The SMILES string of the molecule is COc1c(N(C)CCN(C)C)sc(C(=O)NC2CC2)c1N. The second-order valence-corrected chi connectivity index (χ2v) is 6.65. The zero-order chi connectivity index (χ0) is 15.6. The minimum atomic E-state index is -0.0921. The molecule has 2 rings (SSSR count). The fourth-order valence-corrected chi connectivity index (χ4v) is 3.04. The Morgan fingerprint density at radius 3 is 2.57 bits per heavy atom. The van der Waals surface area contributed by atoms with E-state index >= 15 is 0 Å². The number of anilines is 2. The second kappa shape index (κ2) is 6.53. The number of carbonyl (C=O) groups excluding carboxylic acids is 1. The van der Waals surface area contributed by atoms with E-state index in [-0.39, 0.29) is 5.91 Å². The van der Waals surface area contributed by atoms with Crippen LogP contribution in [0.1, 0.15) is 22.5 Å². The molecule has 7 heteroatoms. The minimum Gasteiger partial charge on any atom is -0.492 e. The first kappa shape index (κ1) is 15.9. The molecule has 0 radical (unpaired) electrons. The predicted molar refractivity (Wildman–Crippen MR) is 87.6 cm³/mol. The molecule has 6 nitrogen and oxygen atoms in total. The van der Waals surface area contributed by atoms with Gasteiger partial charge in [-0.1, -0.05) is 0 Å². The number of ether oxygens (including phenoxy) is 1. The van der Waals surface area contributed by atoms with Gasteiger partial charge in [-0.05, 0) is 26.9 Å². The number of likely N-dealkylation sites (N-methyl/N-ethyl adjacent to an activating group) is 2. The van der Waals surface area contributed by atoms with E-state index in [0.29, 0.717) is 22.4 Å². The van der Waals surface area contributed by atoms with Crippen molar-refractivity contribution in [2.24, 2.45) is 0 Å². The number of nitrogen functional groups attached to an aromatic ring is 1. The summed E-state index contributed by atoms with van der Waals surface area (Å²) in [5.41, 5.74) is 6.53. The Kier molecular flexibility index (Phi) is 4.95. The maximum Gasteiger partial charge on any atom is 0.263 e. The molecule has 1 amide bonds. The lowest BCUT2D eigenvalue weighted by Crippen LogP contribution is -2.28. The molecule has 1 heterocycles. The summed E-state index contributed by atoms with van der Waals surface area (Å²) in [5, 5.41) is 3.87. The van der Waals surface area contributed by atoms with Gasteiger partial charge in [-0.25, -0.2) is 0 Å². The molecule has 1 aliphatic carbocycles. The molecule has 118 valence electrons. The Bertz CT molecular complexity index is 511. The monoisotopic (exact) mass is 312 g/mol. The summed E-state index contributed by atoms with van der Waals surface area (Å²) in [5.74, 6) is 0.507. The third kappa shape index (κ3) is 3.79. The van der Waals surface area contributed by atoms with Gasteiger partial charge in [0.15, 0.2) is 5.75 Å². The van der Waals surface area contributed by atoms with Gasteiger partial charge in [-0.3, -0.25) is 4.79 Å². The van der Waals surface area contributed by atoms with E-state index in [1.165, 1.54) is 11.3 Å². The van der Waals surface area contributed by atoms with Gasteiger partial charge >= 0.3 is 0 Å². The fourth-order valence-electron chi connectivity index (χ4n) is 1.96. The second-order valence-electron chi connectivity index (χ2n) is 5.66. The molecule has 0 atom stereocenters. The van der Waals surface area contributed by atoms with Crippen LogP contribution in [0.4, 0.5) is 10.7 Å². The summed E-state index contributed by atoms with van der Waals surface area (Å²) in [6.07, 6.45) is 2.12. The Labute approximate surface area is 129 Å². The molecule has 21 heavy (non-hydrogen) atoms. The van der Waals surface area contributed by atoms with Crippen molar-refractivity contribution in [2.75, 3.05) is 52.0 Å². The number of hydrogen-bond acceptors (Lipinski definition) is 6. The van der Waals surface area contributed by atoms with E-state index in [4.69, 9.17) is 10.5 Å². The third-order valence-corrected chi connectivity index (χ3v) is 4.73. The highest BCUT2D eigenvalue weighted by Crippen LogP contribution is 2.44. The van der Waals surface area contributed by atoms with E-state index in [0.717, 1.165) is 30.9 Å². The van der Waals surface area contributed by atoms with E-state index in [1.54, 1.807) is 7.11 Å². The maximum absolute atomic E-state index is 12.2. The number of nitrogens with one attached hydrogen (secondary N) is 1. The van der Waals surface area contributed by atoms with E-state index in [1.807, 2.05) is 21.1 Å².